The van der Waals surface area contributed by atoms with Crippen LogP contribution in [0, 0.1) is 10.1 Å². The molecule has 0 aliphatic carbocycles. The molecule has 2 rings (SSSR count). The molecule has 142 valence electrons. The highest BCUT2D eigenvalue weighted by molar-refractivity contribution is 6.31. The third-order valence-electron chi connectivity index (χ3n) is 3.98. The second kappa shape index (κ2) is 9.14. The molecule has 0 unspecified atom stereocenters. The van der Waals surface area contributed by atoms with E-state index in [2.05, 4.69) is 12.2 Å². The van der Waals surface area contributed by atoms with E-state index >= 15 is 0 Å². The van der Waals surface area contributed by atoms with E-state index in [1.165, 1.54) is 17.7 Å². The molecule has 0 aromatic heterocycles. The molecule has 0 aliphatic heterocycles. The van der Waals surface area contributed by atoms with E-state index in [4.69, 9.17) is 16.3 Å². The molecule has 2 aromatic carbocycles. The Bertz CT molecular complexity index is 852. The van der Waals surface area contributed by atoms with Crippen LogP contribution >= 0.6 is 11.6 Å². The Labute approximate surface area is 161 Å². The summed E-state index contributed by atoms with van der Waals surface area (Å²) in [6.45, 7) is 3.32. The largest absolute Gasteiger partial charge is 0.452 e. The number of hydrogen-bond donors (Lipinski definition) is 1. The van der Waals surface area contributed by atoms with Gasteiger partial charge in [-0.15, -0.1) is 0 Å². The number of aryl methyl sites for hydroxylation is 1. The third kappa shape index (κ3) is 5.52. The summed E-state index contributed by atoms with van der Waals surface area (Å²) < 4.78 is 4.90. The molecule has 0 saturated heterocycles. The molecule has 8 heteroatoms. The summed E-state index contributed by atoms with van der Waals surface area (Å²) in [5.41, 5.74) is 1.37. The minimum Gasteiger partial charge on any atom is -0.452 e. The number of rotatable bonds is 7. The predicted octanol–water partition coefficient (Wildman–Crippen LogP) is 3.84. The fraction of sp³-hybridized carbons (Fsp3) is 0.263. The van der Waals surface area contributed by atoms with Gasteiger partial charge < -0.3 is 10.1 Å². The molecular weight excluding hydrogens is 372 g/mol. The van der Waals surface area contributed by atoms with Crippen LogP contribution in [0.15, 0.2) is 42.5 Å². The Kier molecular flexibility index (Phi) is 6.90. The van der Waals surface area contributed by atoms with Crippen LogP contribution in [0.5, 0.6) is 0 Å². The summed E-state index contributed by atoms with van der Waals surface area (Å²) >= 11 is 5.71. The van der Waals surface area contributed by atoms with Crippen molar-refractivity contribution in [1.82, 2.24) is 5.32 Å². The average Bonchev–Trinajstić information content (AvgIpc) is 2.66. The molecule has 7 nitrogen and oxygen atoms in total. The van der Waals surface area contributed by atoms with E-state index in [0.29, 0.717) is 0 Å². The van der Waals surface area contributed by atoms with Crippen LogP contribution in [-0.4, -0.2) is 23.4 Å². The van der Waals surface area contributed by atoms with Crippen molar-refractivity contribution in [3.63, 3.8) is 0 Å². The van der Waals surface area contributed by atoms with Crippen molar-refractivity contribution >= 4 is 29.2 Å². The van der Waals surface area contributed by atoms with Gasteiger partial charge in [0, 0.05) is 11.1 Å². The highest BCUT2D eigenvalue weighted by Crippen LogP contribution is 2.24. The first-order chi connectivity index (χ1) is 12.8. The van der Waals surface area contributed by atoms with Crippen LogP contribution in [0.1, 0.15) is 41.4 Å². The molecule has 0 heterocycles. The Hall–Kier alpha value is -2.93. The van der Waals surface area contributed by atoms with Crippen molar-refractivity contribution in [3.05, 3.63) is 74.3 Å². The number of amides is 1. The van der Waals surface area contributed by atoms with Crippen LogP contribution in [-0.2, 0) is 16.0 Å². The number of nitrogens with one attached hydrogen (secondary N) is 1. The number of nitrogens with zero attached hydrogens (tertiary/aromatic N) is 1. The lowest BCUT2D eigenvalue weighted by Crippen LogP contribution is -2.31. The molecule has 0 spiro atoms. The number of carbonyl (C=O) groups excluding carboxylic acids is 2. The van der Waals surface area contributed by atoms with E-state index in [0.717, 1.165) is 18.1 Å². The van der Waals surface area contributed by atoms with Gasteiger partial charge in [0.2, 0.25) is 0 Å². The molecule has 0 saturated carbocycles. The Morgan fingerprint density at radius 1 is 1.22 bits per heavy atom. The molecule has 0 fully saturated rings. The number of ether oxygens (including phenoxy) is 1. The Morgan fingerprint density at radius 3 is 2.48 bits per heavy atom. The number of nitro benzene ring substituents is 1. The lowest BCUT2D eigenvalue weighted by Gasteiger charge is -2.15. The fourth-order valence-corrected chi connectivity index (χ4v) is 2.61. The SMILES string of the molecule is CCc1ccc([C@H](C)NC(=O)COC(=O)c2ccc(Cl)cc2[N+](=O)[O-])cc1. The average molecular weight is 391 g/mol. The number of halogens is 1. The maximum atomic E-state index is 12.1. The summed E-state index contributed by atoms with van der Waals surface area (Å²) in [5, 5.41) is 13.9. The second-order valence-electron chi connectivity index (χ2n) is 5.88. The third-order valence-corrected chi connectivity index (χ3v) is 4.21. The fourth-order valence-electron chi connectivity index (χ4n) is 2.45. The Morgan fingerprint density at radius 2 is 1.89 bits per heavy atom. The van der Waals surface area contributed by atoms with E-state index in [-0.39, 0.29) is 16.6 Å². The molecular formula is C19H19ClN2O5. The quantitative estimate of drug-likeness (QED) is 0.440. The summed E-state index contributed by atoms with van der Waals surface area (Å²) in [4.78, 5) is 34.4. The number of nitro groups is 1. The minimum atomic E-state index is -0.964. The van der Waals surface area contributed by atoms with Crippen molar-refractivity contribution in [2.75, 3.05) is 6.61 Å². The van der Waals surface area contributed by atoms with Gasteiger partial charge in [0.1, 0.15) is 5.56 Å². The first kappa shape index (κ1) is 20.4. The summed E-state index contributed by atoms with van der Waals surface area (Å²) in [6, 6.07) is 11.1. The van der Waals surface area contributed by atoms with Crippen LogP contribution in [0.25, 0.3) is 0 Å². The van der Waals surface area contributed by atoms with Crippen LogP contribution in [0.2, 0.25) is 5.02 Å². The first-order valence-corrected chi connectivity index (χ1v) is 8.69. The van der Waals surface area contributed by atoms with Crippen LogP contribution in [0.4, 0.5) is 5.69 Å². The molecule has 0 bridgehead atoms. The van der Waals surface area contributed by atoms with Crippen LogP contribution in [0.3, 0.4) is 0 Å². The molecule has 0 aliphatic rings. The molecule has 1 amide bonds. The van der Waals surface area contributed by atoms with E-state index in [1.54, 1.807) is 0 Å². The zero-order valence-electron chi connectivity index (χ0n) is 14.9. The van der Waals surface area contributed by atoms with Gasteiger partial charge in [-0.25, -0.2) is 4.79 Å². The van der Waals surface area contributed by atoms with Crippen molar-refractivity contribution in [3.8, 4) is 0 Å². The van der Waals surface area contributed by atoms with Crippen molar-refractivity contribution in [1.29, 1.82) is 0 Å². The van der Waals surface area contributed by atoms with Gasteiger partial charge in [0.25, 0.3) is 11.6 Å². The van der Waals surface area contributed by atoms with E-state index < -0.39 is 29.1 Å². The summed E-state index contributed by atoms with van der Waals surface area (Å²) in [5.74, 6) is -1.47. The van der Waals surface area contributed by atoms with Gasteiger partial charge in [-0.05, 0) is 36.6 Å². The standard InChI is InChI=1S/C19H19ClN2O5/c1-3-13-4-6-14(7-5-13)12(2)21-18(23)11-27-19(24)16-9-8-15(20)10-17(16)22(25)26/h4-10,12H,3,11H2,1-2H3,(H,21,23)/t12-/m0/s1. The molecule has 2 aromatic rings. The summed E-state index contributed by atoms with van der Waals surface area (Å²) in [6.07, 6.45) is 0.924. The van der Waals surface area contributed by atoms with Crippen molar-refractivity contribution < 1.29 is 19.2 Å². The van der Waals surface area contributed by atoms with Gasteiger partial charge in [-0.2, -0.15) is 0 Å². The number of hydrogen-bond acceptors (Lipinski definition) is 5. The molecule has 1 atom stereocenters. The van der Waals surface area contributed by atoms with Gasteiger partial charge in [-0.3, -0.25) is 14.9 Å². The second-order valence-corrected chi connectivity index (χ2v) is 6.32. The molecule has 27 heavy (non-hydrogen) atoms. The highest BCUT2D eigenvalue weighted by atomic mass is 35.5. The predicted molar refractivity (Wildman–Crippen MR) is 101 cm³/mol. The van der Waals surface area contributed by atoms with Crippen molar-refractivity contribution in [2.45, 2.75) is 26.3 Å². The highest BCUT2D eigenvalue weighted by Gasteiger charge is 2.22. The Balaban J connectivity index is 1.95. The van der Waals surface area contributed by atoms with E-state index in [1.807, 2.05) is 31.2 Å². The topological polar surface area (TPSA) is 98.5 Å². The first-order valence-electron chi connectivity index (χ1n) is 8.31. The van der Waals surface area contributed by atoms with E-state index in [9.17, 15) is 19.7 Å². The minimum absolute atomic E-state index is 0.124. The normalized spacial score (nSPS) is 11.5. The maximum absolute atomic E-state index is 12.1. The number of esters is 1. The zero-order valence-corrected chi connectivity index (χ0v) is 15.7. The van der Waals surface area contributed by atoms with Gasteiger partial charge in [0.15, 0.2) is 6.61 Å². The molecule has 1 N–H and O–H groups in total. The zero-order chi connectivity index (χ0) is 20.0. The summed E-state index contributed by atoms with van der Waals surface area (Å²) in [7, 11) is 0. The van der Waals surface area contributed by atoms with Crippen molar-refractivity contribution in [2.24, 2.45) is 0 Å². The maximum Gasteiger partial charge on any atom is 0.345 e. The lowest BCUT2D eigenvalue weighted by atomic mass is 10.1. The number of benzene rings is 2. The van der Waals surface area contributed by atoms with Gasteiger partial charge >= 0.3 is 5.97 Å². The smallest absolute Gasteiger partial charge is 0.345 e. The molecule has 0 radical (unpaired) electrons. The van der Waals surface area contributed by atoms with Gasteiger partial charge in [0.05, 0.1) is 11.0 Å². The van der Waals surface area contributed by atoms with Gasteiger partial charge in [-0.1, -0.05) is 42.8 Å². The number of carbonyl (C=O) groups is 2. The monoisotopic (exact) mass is 390 g/mol. The van der Waals surface area contributed by atoms with Crippen LogP contribution < -0.4 is 5.32 Å². The lowest BCUT2D eigenvalue weighted by molar-refractivity contribution is -0.385.